The zero-order valence-electron chi connectivity index (χ0n) is 13.8. The number of hydroxylamine groups is 1. The van der Waals surface area contributed by atoms with E-state index in [9.17, 15) is 4.57 Å². The topological polar surface area (TPSA) is 29.5 Å². The van der Waals surface area contributed by atoms with Gasteiger partial charge in [-0.25, -0.2) is 0 Å². The third-order valence-electron chi connectivity index (χ3n) is 5.05. The fourth-order valence-corrected chi connectivity index (χ4v) is 6.73. The van der Waals surface area contributed by atoms with Gasteiger partial charge in [0.25, 0.3) is 0 Å². The Morgan fingerprint density at radius 3 is 2.21 bits per heavy atom. The standard InChI is InChI=1S/C20H22NO2P/c1-16(17-8-4-2-5-9-17)24(22,20-10-6-3-7-11-20)21-18-12-14-19(23-21)15-13-18/h2-12,14,16,18-19H,13,15H2,1H3/t16-,18+,19-,24?/m0/s1. The summed E-state index contributed by atoms with van der Waals surface area (Å²) in [6.07, 6.45) is 6.32. The van der Waals surface area contributed by atoms with Crippen molar-refractivity contribution in [2.24, 2.45) is 0 Å². The monoisotopic (exact) mass is 339 g/mol. The molecule has 1 unspecified atom stereocenters. The molecule has 0 radical (unpaired) electrons. The van der Waals surface area contributed by atoms with Crippen LogP contribution in [0.25, 0.3) is 0 Å². The molecule has 2 aromatic carbocycles. The first kappa shape index (κ1) is 15.8. The predicted octanol–water partition coefficient (Wildman–Crippen LogP) is 4.69. The molecule has 2 aliphatic heterocycles. The van der Waals surface area contributed by atoms with E-state index < -0.39 is 7.29 Å². The molecule has 24 heavy (non-hydrogen) atoms. The minimum absolute atomic E-state index is 0.0509. The molecule has 1 saturated heterocycles. The quantitative estimate of drug-likeness (QED) is 0.598. The lowest BCUT2D eigenvalue weighted by molar-refractivity contribution is -0.171. The summed E-state index contributed by atoms with van der Waals surface area (Å²) in [6, 6.07) is 20.0. The zero-order valence-corrected chi connectivity index (χ0v) is 14.7. The number of nitrogens with zero attached hydrogens (tertiary/aromatic N) is 1. The van der Waals surface area contributed by atoms with Crippen molar-refractivity contribution in [1.82, 2.24) is 4.83 Å². The fraction of sp³-hybridized carbons (Fsp3) is 0.300. The molecule has 0 spiro atoms. The Hall–Kier alpha value is -1.67. The molecule has 2 bridgehead atoms. The van der Waals surface area contributed by atoms with Gasteiger partial charge in [-0.1, -0.05) is 72.8 Å². The number of fused-ring (bicyclic) bond motifs is 2. The number of benzene rings is 2. The molecular weight excluding hydrogens is 317 g/mol. The van der Waals surface area contributed by atoms with E-state index in [4.69, 9.17) is 4.84 Å². The van der Waals surface area contributed by atoms with E-state index in [-0.39, 0.29) is 17.8 Å². The van der Waals surface area contributed by atoms with E-state index in [2.05, 4.69) is 31.2 Å². The Balaban J connectivity index is 1.82. The summed E-state index contributed by atoms with van der Waals surface area (Å²) in [5.41, 5.74) is 0.951. The molecule has 3 nitrogen and oxygen atoms in total. The SMILES string of the molecule is C[C@@H](c1ccccc1)P(=O)(c1ccccc1)N1O[C@H]2C=C[C@@H]1CC2. The van der Waals surface area contributed by atoms with Gasteiger partial charge in [0.2, 0.25) is 7.29 Å². The summed E-state index contributed by atoms with van der Waals surface area (Å²) < 4.78 is 14.4. The first-order valence-electron chi connectivity index (χ1n) is 8.54. The normalized spacial score (nSPS) is 26.9. The molecule has 1 fully saturated rings. The van der Waals surface area contributed by atoms with E-state index in [1.165, 1.54) is 0 Å². The molecule has 1 aliphatic carbocycles. The van der Waals surface area contributed by atoms with Crippen LogP contribution in [0.3, 0.4) is 0 Å². The second kappa shape index (κ2) is 6.33. The summed E-state index contributed by atoms with van der Waals surface area (Å²) >= 11 is 0. The van der Waals surface area contributed by atoms with Crippen LogP contribution in [-0.4, -0.2) is 17.0 Å². The molecule has 0 amide bonds. The maximum absolute atomic E-state index is 14.4. The molecule has 0 aromatic heterocycles. The van der Waals surface area contributed by atoms with Gasteiger partial charge in [-0.15, -0.1) is 4.83 Å². The minimum Gasteiger partial charge on any atom is -0.299 e. The highest BCUT2D eigenvalue weighted by Gasteiger charge is 2.47. The lowest BCUT2D eigenvalue weighted by Gasteiger charge is -2.46. The summed E-state index contributed by atoms with van der Waals surface area (Å²) in [4.78, 5) is 7.96. The molecule has 4 atom stereocenters. The van der Waals surface area contributed by atoms with Crippen molar-refractivity contribution in [3.63, 3.8) is 0 Å². The largest absolute Gasteiger partial charge is 0.299 e. The molecule has 2 heterocycles. The van der Waals surface area contributed by atoms with Crippen LogP contribution in [0, 0.1) is 0 Å². The van der Waals surface area contributed by atoms with Gasteiger partial charge in [0.1, 0.15) is 0 Å². The van der Waals surface area contributed by atoms with Crippen LogP contribution >= 0.6 is 7.29 Å². The Morgan fingerprint density at radius 2 is 1.67 bits per heavy atom. The van der Waals surface area contributed by atoms with Crippen molar-refractivity contribution in [1.29, 1.82) is 0 Å². The maximum atomic E-state index is 14.4. The highest BCUT2D eigenvalue weighted by molar-refractivity contribution is 7.69. The lowest BCUT2D eigenvalue weighted by atomic mass is 10.00. The molecule has 0 saturated carbocycles. The van der Waals surface area contributed by atoms with Gasteiger partial charge in [-0.05, 0) is 25.3 Å². The van der Waals surface area contributed by atoms with Crippen molar-refractivity contribution in [2.75, 3.05) is 0 Å². The van der Waals surface area contributed by atoms with Gasteiger partial charge >= 0.3 is 0 Å². The van der Waals surface area contributed by atoms with Gasteiger partial charge in [0.15, 0.2) is 0 Å². The van der Waals surface area contributed by atoms with E-state index in [1.54, 1.807) is 0 Å². The maximum Gasteiger partial charge on any atom is 0.208 e. The first-order chi connectivity index (χ1) is 11.7. The zero-order chi connectivity index (χ0) is 16.6. The lowest BCUT2D eigenvalue weighted by Crippen LogP contribution is -2.45. The fourth-order valence-electron chi connectivity index (χ4n) is 3.64. The summed E-state index contributed by atoms with van der Waals surface area (Å²) in [5.74, 6) is 0. The van der Waals surface area contributed by atoms with Gasteiger partial charge in [0, 0.05) is 5.30 Å². The van der Waals surface area contributed by atoms with Crippen LogP contribution in [-0.2, 0) is 9.40 Å². The van der Waals surface area contributed by atoms with E-state index in [1.807, 2.05) is 53.4 Å². The first-order valence-corrected chi connectivity index (χ1v) is 10.3. The van der Waals surface area contributed by atoms with Crippen molar-refractivity contribution < 1.29 is 9.40 Å². The van der Waals surface area contributed by atoms with Crippen LogP contribution in [0.2, 0.25) is 0 Å². The van der Waals surface area contributed by atoms with Crippen molar-refractivity contribution in [3.8, 4) is 0 Å². The second-order valence-electron chi connectivity index (χ2n) is 6.52. The Bertz CT molecular complexity index is 775. The van der Waals surface area contributed by atoms with E-state index >= 15 is 0 Å². The molecule has 3 aliphatic rings. The summed E-state index contributed by atoms with van der Waals surface area (Å²) in [6.45, 7) is 2.05. The molecule has 124 valence electrons. The van der Waals surface area contributed by atoms with Crippen molar-refractivity contribution in [3.05, 3.63) is 78.4 Å². The minimum atomic E-state index is -2.94. The van der Waals surface area contributed by atoms with Crippen LogP contribution in [0.1, 0.15) is 31.0 Å². The predicted molar refractivity (Wildman–Crippen MR) is 97.4 cm³/mol. The van der Waals surface area contributed by atoms with Crippen LogP contribution in [0.5, 0.6) is 0 Å². The van der Waals surface area contributed by atoms with Crippen LogP contribution < -0.4 is 5.30 Å². The van der Waals surface area contributed by atoms with Crippen molar-refractivity contribution >= 4 is 12.6 Å². The number of hydrogen-bond donors (Lipinski definition) is 0. The van der Waals surface area contributed by atoms with Gasteiger partial charge < -0.3 is 0 Å². The van der Waals surface area contributed by atoms with Gasteiger partial charge in [-0.3, -0.25) is 9.40 Å². The average Bonchev–Trinajstić information content (AvgIpc) is 2.69. The average molecular weight is 339 g/mol. The van der Waals surface area contributed by atoms with Crippen LogP contribution in [0.4, 0.5) is 0 Å². The second-order valence-corrected chi connectivity index (χ2v) is 9.45. The highest BCUT2D eigenvalue weighted by atomic mass is 31.2. The Morgan fingerprint density at radius 1 is 1.00 bits per heavy atom. The highest BCUT2D eigenvalue weighted by Crippen LogP contribution is 2.63. The van der Waals surface area contributed by atoms with Crippen LogP contribution in [0.15, 0.2) is 72.8 Å². The Kier molecular flexibility index (Phi) is 4.17. The van der Waals surface area contributed by atoms with E-state index in [0.717, 1.165) is 23.7 Å². The number of rotatable bonds is 4. The third-order valence-corrected chi connectivity index (χ3v) is 8.41. The molecule has 0 N–H and O–H groups in total. The number of hydrogen-bond acceptors (Lipinski definition) is 2. The molecule has 2 aromatic rings. The summed E-state index contributed by atoms with van der Waals surface area (Å²) in [7, 11) is -2.94. The van der Waals surface area contributed by atoms with Gasteiger partial charge in [0.05, 0.1) is 17.8 Å². The van der Waals surface area contributed by atoms with E-state index in [0.29, 0.717) is 0 Å². The third kappa shape index (κ3) is 2.57. The molecular formula is C20H22NO2P. The van der Waals surface area contributed by atoms with Gasteiger partial charge in [-0.2, -0.15) is 0 Å². The molecule has 5 rings (SSSR count). The smallest absolute Gasteiger partial charge is 0.208 e. The summed E-state index contributed by atoms with van der Waals surface area (Å²) in [5, 5.41) is 0.863. The Labute approximate surface area is 143 Å². The van der Waals surface area contributed by atoms with Crippen molar-refractivity contribution in [2.45, 2.75) is 37.6 Å². The molecule has 4 heteroatoms.